The molecule has 1 unspecified atom stereocenters. The summed E-state index contributed by atoms with van der Waals surface area (Å²) in [4.78, 5) is 25.3. The molecule has 1 aromatic carbocycles. The number of rotatable bonds is 4. The van der Waals surface area contributed by atoms with E-state index in [1.165, 1.54) is 17.0 Å². The first kappa shape index (κ1) is 19.3. The van der Waals surface area contributed by atoms with Crippen molar-refractivity contribution in [3.8, 4) is 0 Å². The van der Waals surface area contributed by atoms with Crippen LogP contribution in [-0.4, -0.2) is 28.8 Å². The van der Waals surface area contributed by atoms with Crippen LogP contribution in [-0.2, 0) is 4.74 Å². The Kier molecular flexibility index (Phi) is 6.05. The van der Waals surface area contributed by atoms with Crippen LogP contribution in [0.3, 0.4) is 0 Å². The Bertz CT molecular complexity index is 593. The molecule has 0 aromatic heterocycles. The second-order valence-corrected chi connectivity index (χ2v) is 7.21. The molecular weight excluding hydrogens is 318 g/mol. The van der Waals surface area contributed by atoms with E-state index in [4.69, 9.17) is 16.3 Å². The molecule has 5 nitrogen and oxygen atoms in total. The molecule has 0 radical (unpaired) electrons. The molecule has 1 atom stereocenters. The van der Waals surface area contributed by atoms with Crippen molar-refractivity contribution < 1.29 is 19.4 Å². The molecule has 0 saturated carbocycles. The van der Waals surface area contributed by atoms with Crippen molar-refractivity contribution in [1.29, 1.82) is 0 Å². The molecule has 1 amide bonds. The maximum absolute atomic E-state index is 12.6. The number of carboxylic acid groups (broad SMARTS) is 1. The topological polar surface area (TPSA) is 66.8 Å². The van der Waals surface area contributed by atoms with Crippen LogP contribution >= 0.6 is 11.6 Å². The molecule has 0 aliphatic carbocycles. The Morgan fingerprint density at radius 1 is 1.22 bits per heavy atom. The quantitative estimate of drug-likeness (QED) is 0.852. The lowest BCUT2D eigenvalue weighted by molar-refractivity contribution is 0.0558. The first-order chi connectivity index (χ1) is 10.4. The lowest BCUT2D eigenvalue weighted by atomic mass is 10.0. The highest BCUT2D eigenvalue weighted by molar-refractivity contribution is 6.33. The third-order valence-corrected chi connectivity index (χ3v) is 3.75. The Morgan fingerprint density at radius 2 is 1.78 bits per heavy atom. The predicted molar refractivity (Wildman–Crippen MR) is 91.4 cm³/mol. The minimum Gasteiger partial charge on any atom is -0.478 e. The van der Waals surface area contributed by atoms with Crippen LogP contribution in [0.4, 0.5) is 10.5 Å². The highest BCUT2D eigenvalue weighted by Crippen LogP contribution is 2.28. The number of carbonyl (C=O) groups is 2. The molecule has 0 saturated heterocycles. The monoisotopic (exact) mass is 341 g/mol. The van der Waals surface area contributed by atoms with Gasteiger partial charge in [-0.05, 0) is 51.8 Å². The van der Waals surface area contributed by atoms with Crippen molar-refractivity contribution >= 4 is 29.4 Å². The van der Waals surface area contributed by atoms with Crippen molar-refractivity contribution in [2.75, 3.05) is 4.90 Å². The molecule has 1 N–H and O–H groups in total. The fourth-order valence-corrected chi connectivity index (χ4v) is 2.14. The summed E-state index contributed by atoms with van der Waals surface area (Å²) < 4.78 is 5.46. The van der Waals surface area contributed by atoms with Gasteiger partial charge in [0.05, 0.1) is 10.6 Å². The highest BCUT2D eigenvalue weighted by atomic mass is 35.5. The SMILES string of the molecule is CC(C)C(C)N(C(=O)OC(C)(C)C)c1ccc(Cl)c(C(=O)O)c1. The molecule has 6 heteroatoms. The smallest absolute Gasteiger partial charge is 0.415 e. The zero-order chi connectivity index (χ0) is 17.9. The zero-order valence-electron chi connectivity index (χ0n) is 14.4. The molecule has 0 aliphatic heterocycles. The van der Waals surface area contributed by atoms with E-state index in [2.05, 4.69) is 0 Å². The number of carboxylic acids is 1. The van der Waals surface area contributed by atoms with E-state index < -0.39 is 17.7 Å². The van der Waals surface area contributed by atoms with Crippen LogP contribution in [0.5, 0.6) is 0 Å². The minimum absolute atomic E-state index is 0.0475. The largest absolute Gasteiger partial charge is 0.478 e. The second-order valence-electron chi connectivity index (χ2n) is 6.80. The number of ether oxygens (including phenoxy) is 1. The molecular formula is C17H24ClNO4. The summed E-state index contributed by atoms with van der Waals surface area (Å²) in [6, 6.07) is 4.32. The summed E-state index contributed by atoms with van der Waals surface area (Å²) in [5.41, 5.74) is -0.246. The summed E-state index contributed by atoms with van der Waals surface area (Å²) in [5, 5.41) is 9.35. The summed E-state index contributed by atoms with van der Waals surface area (Å²) >= 11 is 5.91. The Hall–Kier alpha value is -1.75. The van der Waals surface area contributed by atoms with Gasteiger partial charge in [0.15, 0.2) is 0 Å². The van der Waals surface area contributed by atoms with Crippen LogP contribution in [0.25, 0.3) is 0 Å². The normalized spacial score (nSPS) is 12.9. The van der Waals surface area contributed by atoms with Gasteiger partial charge in [0.2, 0.25) is 0 Å². The third-order valence-electron chi connectivity index (χ3n) is 3.42. The van der Waals surface area contributed by atoms with Crippen LogP contribution in [0.15, 0.2) is 18.2 Å². The van der Waals surface area contributed by atoms with Gasteiger partial charge in [-0.2, -0.15) is 0 Å². The second kappa shape index (κ2) is 7.21. The van der Waals surface area contributed by atoms with Gasteiger partial charge in [0.1, 0.15) is 5.60 Å². The number of anilines is 1. The molecule has 0 heterocycles. The number of amides is 1. The molecule has 23 heavy (non-hydrogen) atoms. The number of halogens is 1. The predicted octanol–water partition coefficient (Wildman–Crippen LogP) is 4.82. The van der Waals surface area contributed by atoms with Crippen molar-refractivity contribution in [3.63, 3.8) is 0 Å². The molecule has 1 aromatic rings. The average Bonchev–Trinajstić information content (AvgIpc) is 2.38. The van der Waals surface area contributed by atoms with Gasteiger partial charge < -0.3 is 9.84 Å². The first-order valence-corrected chi connectivity index (χ1v) is 7.87. The van der Waals surface area contributed by atoms with Crippen molar-refractivity contribution in [2.24, 2.45) is 5.92 Å². The first-order valence-electron chi connectivity index (χ1n) is 7.49. The minimum atomic E-state index is -1.14. The van der Waals surface area contributed by atoms with E-state index in [9.17, 15) is 14.7 Å². The third kappa shape index (κ3) is 5.13. The van der Waals surface area contributed by atoms with E-state index in [0.717, 1.165) is 0 Å². The number of benzene rings is 1. The molecule has 1 rings (SSSR count). The van der Waals surface area contributed by atoms with Gasteiger partial charge in [0, 0.05) is 11.7 Å². The molecule has 0 aliphatic rings. The fourth-order valence-electron chi connectivity index (χ4n) is 1.94. The average molecular weight is 342 g/mol. The van der Waals surface area contributed by atoms with E-state index in [1.807, 2.05) is 20.8 Å². The standard InChI is InChI=1S/C17H24ClNO4/c1-10(2)11(3)19(16(22)23-17(4,5)6)12-7-8-14(18)13(9-12)15(20)21/h7-11H,1-6H3,(H,20,21). The Balaban J connectivity index is 3.32. The molecule has 0 fully saturated rings. The zero-order valence-corrected chi connectivity index (χ0v) is 15.1. The van der Waals surface area contributed by atoms with Crippen LogP contribution < -0.4 is 4.90 Å². The van der Waals surface area contributed by atoms with Gasteiger partial charge >= 0.3 is 12.1 Å². The Labute approximate surface area is 142 Å². The van der Waals surface area contributed by atoms with Gasteiger partial charge in [-0.25, -0.2) is 9.59 Å². The van der Waals surface area contributed by atoms with Crippen LogP contribution in [0, 0.1) is 5.92 Å². The lowest BCUT2D eigenvalue weighted by Crippen LogP contribution is -2.44. The maximum Gasteiger partial charge on any atom is 0.415 e. The summed E-state index contributed by atoms with van der Waals surface area (Å²) in [6.07, 6.45) is -0.516. The lowest BCUT2D eigenvalue weighted by Gasteiger charge is -2.34. The number of hydrogen-bond acceptors (Lipinski definition) is 3. The van der Waals surface area contributed by atoms with Gasteiger partial charge in [-0.1, -0.05) is 25.4 Å². The van der Waals surface area contributed by atoms with E-state index in [-0.39, 0.29) is 22.5 Å². The number of aromatic carboxylic acids is 1. The van der Waals surface area contributed by atoms with Crippen molar-refractivity contribution in [3.05, 3.63) is 28.8 Å². The van der Waals surface area contributed by atoms with Crippen LogP contribution in [0.2, 0.25) is 5.02 Å². The highest BCUT2D eigenvalue weighted by Gasteiger charge is 2.29. The van der Waals surface area contributed by atoms with Crippen molar-refractivity contribution in [2.45, 2.75) is 53.2 Å². The number of hydrogen-bond donors (Lipinski definition) is 1. The van der Waals surface area contributed by atoms with Gasteiger partial charge in [0.25, 0.3) is 0 Å². The van der Waals surface area contributed by atoms with Gasteiger partial charge in [-0.15, -0.1) is 0 Å². The maximum atomic E-state index is 12.6. The van der Waals surface area contributed by atoms with E-state index >= 15 is 0 Å². The summed E-state index contributed by atoms with van der Waals surface area (Å²) in [5.74, 6) is -0.982. The summed E-state index contributed by atoms with van der Waals surface area (Å²) in [6.45, 7) is 11.2. The fraction of sp³-hybridized carbons (Fsp3) is 0.529. The molecule has 0 bridgehead atoms. The van der Waals surface area contributed by atoms with Crippen LogP contribution in [0.1, 0.15) is 51.9 Å². The Morgan fingerprint density at radius 3 is 2.22 bits per heavy atom. The van der Waals surface area contributed by atoms with E-state index in [1.54, 1.807) is 26.8 Å². The molecule has 0 spiro atoms. The van der Waals surface area contributed by atoms with E-state index in [0.29, 0.717) is 5.69 Å². The number of carbonyl (C=O) groups excluding carboxylic acids is 1. The van der Waals surface area contributed by atoms with Gasteiger partial charge in [-0.3, -0.25) is 4.90 Å². The van der Waals surface area contributed by atoms with Crippen molar-refractivity contribution in [1.82, 2.24) is 0 Å². The molecule has 128 valence electrons. The number of nitrogens with zero attached hydrogens (tertiary/aromatic N) is 1. The summed E-state index contributed by atoms with van der Waals surface area (Å²) in [7, 11) is 0.